The molecule has 0 spiro atoms. The van der Waals surface area contributed by atoms with Gasteiger partial charge in [0.1, 0.15) is 0 Å². The fourth-order valence-corrected chi connectivity index (χ4v) is 5.32. The molecule has 0 bridgehead atoms. The highest BCUT2D eigenvalue weighted by Gasteiger charge is 2.39. The third kappa shape index (κ3) is 4.27. The van der Waals surface area contributed by atoms with E-state index < -0.39 is 0 Å². The van der Waals surface area contributed by atoms with Gasteiger partial charge in [-0.25, -0.2) is 5.10 Å². The summed E-state index contributed by atoms with van der Waals surface area (Å²) in [6.07, 6.45) is 3.27. The van der Waals surface area contributed by atoms with Crippen molar-refractivity contribution in [3.8, 4) is 0 Å². The second-order valence-corrected chi connectivity index (χ2v) is 9.08. The van der Waals surface area contributed by atoms with Gasteiger partial charge >= 0.3 is 0 Å². The van der Waals surface area contributed by atoms with Crippen LogP contribution in [0.25, 0.3) is 0 Å². The smallest absolute Gasteiger partial charge is 0.246 e. The van der Waals surface area contributed by atoms with Crippen LogP contribution in [0.5, 0.6) is 0 Å². The first-order valence-corrected chi connectivity index (χ1v) is 11.3. The molecule has 0 saturated carbocycles. The van der Waals surface area contributed by atoms with Crippen LogP contribution in [0.2, 0.25) is 5.02 Å². The summed E-state index contributed by atoms with van der Waals surface area (Å²) in [4.78, 5) is 11.9. The molecule has 1 aromatic carbocycles. The van der Waals surface area contributed by atoms with Gasteiger partial charge in [0.2, 0.25) is 11.9 Å². The molecule has 30 heavy (non-hydrogen) atoms. The maximum atomic E-state index is 6.10. The summed E-state index contributed by atoms with van der Waals surface area (Å²) in [6, 6.07) is 9.93. The number of nitrogens with two attached hydrogens (primary N) is 1. The average molecular weight is 432 g/mol. The molecule has 5 rings (SSSR count). The summed E-state index contributed by atoms with van der Waals surface area (Å²) >= 11 is 6.10. The summed E-state index contributed by atoms with van der Waals surface area (Å²) in [7, 11) is 0. The zero-order chi connectivity index (χ0) is 20.5. The van der Waals surface area contributed by atoms with E-state index >= 15 is 0 Å². The first-order chi connectivity index (χ1) is 14.7. The van der Waals surface area contributed by atoms with Crippen LogP contribution < -0.4 is 10.6 Å². The molecule has 3 aliphatic heterocycles. The van der Waals surface area contributed by atoms with Crippen molar-refractivity contribution < 1.29 is 4.74 Å². The van der Waals surface area contributed by atoms with Gasteiger partial charge in [-0.2, -0.15) is 4.98 Å². The van der Waals surface area contributed by atoms with Crippen LogP contribution in [-0.4, -0.2) is 89.0 Å². The molecule has 0 unspecified atom stereocenters. The van der Waals surface area contributed by atoms with Crippen molar-refractivity contribution in [1.29, 1.82) is 0 Å². The van der Waals surface area contributed by atoms with Crippen molar-refractivity contribution in [3.63, 3.8) is 0 Å². The monoisotopic (exact) mass is 431 g/mol. The number of nitrogen functional groups attached to an aromatic ring is 1. The molecule has 3 fully saturated rings. The number of hydrogen-bond donors (Lipinski definition) is 2. The van der Waals surface area contributed by atoms with Crippen LogP contribution in [0.3, 0.4) is 0 Å². The number of anilines is 2. The zero-order valence-corrected chi connectivity index (χ0v) is 18.0. The summed E-state index contributed by atoms with van der Waals surface area (Å²) in [5.41, 5.74) is 7.06. The first-order valence-electron chi connectivity index (χ1n) is 10.9. The molecular formula is C21H30ClN7O. The van der Waals surface area contributed by atoms with E-state index in [1.807, 2.05) is 12.1 Å². The van der Waals surface area contributed by atoms with Crippen molar-refractivity contribution in [2.24, 2.45) is 0 Å². The minimum Gasteiger partial charge on any atom is -0.378 e. The minimum absolute atomic E-state index is 0.378. The number of benzene rings is 1. The number of H-pyrrole nitrogens is 1. The lowest BCUT2D eigenvalue weighted by Crippen LogP contribution is -2.65. The lowest BCUT2D eigenvalue weighted by molar-refractivity contribution is -0.0766. The highest BCUT2D eigenvalue weighted by atomic mass is 35.5. The second kappa shape index (κ2) is 8.70. The Hall–Kier alpha value is -1.87. The standard InChI is InChI=1S/C21H30ClN7O/c22-16-3-1-15(2-4-16)11-18-12-28-9-10-30-14-19(28)13-29(18)17-5-7-27(8-6-17)21-24-20(23)25-26-21/h1-4,17-19H,5-14H2,(H3,23,24,25,26)/t18-,19+/m0/s1. The van der Waals surface area contributed by atoms with Gasteiger partial charge in [-0.3, -0.25) is 9.80 Å². The number of halogens is 1. The molecular weight excluding hydrogens is 402 g/mol. The molecule has 0 amide bonds. The summed E-state index contributed by atoms with van der Waals surface area (Å²) in [5.74, 6) is 1.10. The number of piperazine rings is 1. The predicted octanol–water partition coefficient (Wildman–Crippen LogP) is 1.64. The van der Waals surface area contributed by atoms with E-state index in [1.54, 1.807) is 0 Å². The molecule has 2 aromatic rings. The SMILES string of the molecule is Nc1nc(N2CCC(N3C[C@@H]4COCCN4C[C@@H]3Cc3ccc(Cl)cc3)CC2)n[nH]1. The number of aromatic nitrogens is 3. The second-order valence-electron chi connectivity index (χ2n) is 8.64. The Bertz CT molecular complexity index is 836. The van der Waals surface area contributed by atoms with Crippen LogP contribution in [0.15, 0.2) is 24.3 Å². The molecule has 3 saturated heterocycles. The van der Waals surface area contributed by atoms with Gasteiger partial charge in [-0.05, 0) is 37.0 Å². The van der Waals surface area contributed by atoms with Crippen molar-refractivity contribution in [3.05, 3.63) is 34.9 Å². The molecule has 3 N–H and O–H groups in total. The number of rotatable bonds is 4. The predicted molar refractivity (Wildman–Crippen MR) is 118 cm³/mol. The van der Waals surface area contributed by atoms with Crippen LogP contribution in [0.4, 0.5) is 11.9 Å². The number of ether oxygens (including phenoxy) is 1. The van der Waals surface area contributed by atoms with E-state index in [-0.39, 0.29) is 0 Å². The van der Waals surface area contributed by atoms with Gasteiger partial charge in [0.25, 0.3) is 0 Å². The van der Waals surface area contributed by atoms with E-state index in [0.29, 0.717) is 30.0 Å². The number of hydrogen-bond acceptors (Lipinski definition) is 7. The molecule has 9 heteroatoms. The summed E-state index contributed by atoms with van der Waals surface area (Å²) in [5, 5.41) is 7.77. The van der Waals surface area contributed by atoms with Gasteiger partial charge in [0.15, 0.2) is 0 Å². The lowest BCUT2D eigenvalue weighted by Gasteiger charge is -2.52. The van der Waals surface area contributed by atoms with E-state index in [9.17, 15) is 0 Å². The third-order valence-corrected chi connectivity index (χ3v) is 7.03. The van der Waals surface area contributed by atoms with E-state index in [2.05, 4.69) is 42.0 Å². The third-order valence-electron chi connectivity index (χ3n) is 6.78. The molecule has 162 valence electrons. The first kappa shape index (κ1) is 20.1. The van der Waals surface area contributed by atoms with Crippen molar-refractivity contribution in [2.45, 2.75) is 37.4 Å². The van der Waals surface area contributed by atoms with Gasteiger partial charge in [0.05, 0.1) is 13.2 Å². The van der Waals surface area contributed by atoms with Gasteiger partial charge in [-0.1, -0.05) is 23.7 Å². The largest absolute Gasteiger partial charge is 0.378 e. The molecule has 8 nitrogen and oxygen atoms in total. The van der Waals surface area contributed by atoms with Crippen molar-refractivity contribution in [2.75, 3.05) is 56.6 Å². The number of fused-ring (bicyclic) bond motifs is 1. The van der Waals surface area contributed by atoms with E-state index in [4.69, 9.17) is 22.1 Å². The number of morpholine rings is 1. The van der Waals surface area contributed by atoms with Crippen molar-refractivity contribution in [1.82, 2.24) is 25.0 Å². The topological polar surface area (TPSA) is 86.5 Å². The Morgan fingerprint density at radius 2 is 1.90 bits per heavy atom. The van der Waals surface area contributed by atoms with Crippen LogP contribution in [0, 0.1) is 0 Å². The normalized spacial score (nSPS) is 26.6. The number of aromatic amines is 1. The Kier molecular flexibility index (Phi) is 5.82. The molecule has 0 aliphatic carbocycles. The number of nitrogens with one attached hydrogen (secondary N) is 1. The lowest BCUT2D eigenvalue weighted by atomic mass is 9.93. The van der Waals surface area contributed by atoms with Gasteiger partial charge in [0, 0.05) is 55.9 Å². The molecule has 0 radical (unpaired) electrons. The molecule has 4 heterocycles. The fraction of sp³-hybridized carbons (Fsp3) is 0.619. The minimum atomic E-state index is 0.378. The Labute approximate surface area is 182 Å². The average Bonchev–Trinajstić information content (AvgIpc) is 3.21. The van der Waals surface area contributed by atoms with Crippen LogP contribution in [0.1, 0.15) is 18.4 Å². The summed E-state index contributed by atoms with van der Waals surface area (Å²) in [6.45, 7) is 6.83. The molecule has 1 aromatic heterocycles. The number of piperidine rings is 1. The fourth-order valence-electron chi connectivity index (χ4n) is 5.19. The van der Waals surface area contributed by atoms with Gasteiger partial charge < -0.3 is 15.4 Å². The summed E-state index contributed by atoms with van der Waals surface area (Å²) < 4.78 is 5.80. The quantitative estimate of drug-likeness (QED) is 0.760. The number of nitrogens with zero attached hydrogens (tertiary/aromatic N) is 5. The van der Waals surface area contributed by atoms with E-state index in [1.165, 1.54) is 5.56 Å². The Balaban J connectivity index is 1.29. The molecule has 3 aliphatic rings. The van der Waals surface area contributed by atoms with E-state index in [0.717, 1.165) is 70.2 Å². The maximum Gasteiger partial charge on any atom is 0.246 e. The van der Waals surface area contributed by atoms with Crippen LogP contribution in [-0.2, 0) is 11.2 Å². The Morgan fingerprint density at radius 3 is 2.63 bits per heavy atom. The van der Waals surface area contributed by atoms with Gasteiger partial charge in [-0.15, -0.1) is 5.10 Å². The highest BCUT2D eigenvalue weighted by Crippen LogP contribution is 2.28. The molecule has 2 atom stereocenters. The highest BCUT2D eigenvalue weighted by molar-refractivity contribution is 6.30. The van der Waals surface area contributed by atoms with Crippen LogP contribution >= 0.6 is 11.6 Å². The Morgan fingerprint density at radius 1 is 1.10 bits per heavy atom. The van der Waals surface area contributed by atoms with Crippen molar-refractivity contribution >= 4 is 23.5 Å². The zero-order valence-electron chi connectivity index (χ0n) is 17.2. The maximum absolute atomic E-state index is 6.10.